The van der Waals surface area contributed by atoms with Crippen LogP contribution in [-0.4, -0.2) is 44.8 Å². The van der Waals surface area contributed by atoms with E-state index >= 15 is 0 Å². The second-order valence-corrected chi connectivity index (χ2v) is 9.56. The first kappa shape index (κ1) is 22.2. The van der Waals surface area contributed by atoms with E-state index in [2.05, 4.69) is 22.0 Å². The van der Waals surface area contributed by atoms with Gasteiger partial charge < -0.3 is 10.6 Å². The van der Waals surface area contributed by atoms with Gasteiger partial charge in [-0.15, -0.1) is 0 Å². The molecule has 2 aliphatic heterocycles. The number of para-hydroxylation sites is 1. The van der Waals surface area contributed by atoms with Crippen LogP contribution in [0, 0.1) is 12.8 Å². The summed E-state index contributed by atoms with van der Waals surface area (Å²) in [5, 5.41) is 5.53. The molecule has 3 heterocycles. The molecule has 0 radical (unpaired) electrons. The van der Waals surface area contributed by atoms with Crippen molar-refractivity contribution in [2.24, 2.45) is 16.6 Å². The number of amides is 2. The Labute approximate surface area is 202 Å². The maximum Gasteiger partial charge on any atom is 0.286 e. The van der Waals surface area contributed by atoms with Gasteiger partial charge in [-0.3, -0.25) is 9.59 Å². The lowest BCUT2D eigenvalue weighted by Gasteiger charge is -2.31. The Hall–Kier alpha value is -3.65. The minimum absolute atomic E-state index is 0.102. The van der Waals surface area contributed by atoms with Crippen LogP contribution >= 0.6 is 11.8 Å². The van der Waals surface area contributed by atoms with Gasteiger partial charge in [0.05, 0.1) is 16.3 Å². The summed E-state index contributed by atoms with van der Waals surface area (Å²) in [5.41, 5.74) is 10.2. The van der Waals surface area contributed by atoms with E-state index < -0.39 is 0 Å². The fourth-order valence-corrected chi connectivity index (χ4v) is 5.13. The van der Waals surface area contributed by atoms with Gasteiger partial charge >= 0.3 is 0 Å². The monoisotopic (exact) mass is 471 g/mol. The summed E-state index contributed by atoms with van der Waals surface area (Å²) < 4.78 is 1.84. The number of primary amides is 1. The zero-order valence-corrected chi connectivity index (χ0v) is 19.7. The van der Waals surface area contributed by atoms with E-state index in [0.717, 1.165) is 22.5 Å². The SMILES string of the molecule is Cc1ccc(-c2nn(-c3ccccc3)cc2/C=C2\SC(N3CCC(C(N)=O)CC3)=NC2=O)cc1. The van der Waals surface area contributed by atoms with Crippen molar-refractivity contribution in [2.75, 3.05) is 13.1 Å². The van der Waals surface area contributed by atoms with E-state index in [4.69, 9.17) is 10.8 Å². The Bertz CT molecular complexity index is 1290. The summed E-state index contributed by atoms with van der Waals surface area (Å²) in [5.74, 6) is -0.606. The zero-order valence-electron chi connectivity index (χ0n) is 18.8. The molecule has 172 valence electrons. The highest BCUT2D eigenvalue weighted by atomic mass is 32.2. The third kappa shape index (κ3) is 4.54. The van der Waals surface area contributed by atoms with Crippen LogP contribution in [0.5, 0.6) is 0 Å². The molecule has 1 fully saturated rings. The first-order valence-electron chi connectivity index (χ1n) is 11.3. The lowest BCUT2D eigenvalue weighted by atomic mass is 9.97. The number of rotatable bonds is 4. The second-order valence-electron chi connectivity index (χ2n) is 8.55. The summed E-state index contributed by atoms with van der Waals surface area (Å²) >= 11 is 1.38. The van der Waals surface area contributed by atoms with Crippen molar-refractivity contribution in [2.45, 2.75) is 19.8 Å². The number of hydrogen-bond acceptors (Lipinski definition) is 5. The molecule has 1 saturated heterocycles. The fourth-order valence-electron chi connectivity index (χ4n) is 4.17. The molecule has 34 heavy (non-hydrogen) atoms. The molecule has 0 atom stereocenters. The number of hydrogen-bond donors (Lipinski definition) is 1. The number of piperidine rings is 1. The highest BCUT2D eigenvalue weighted by Crippen LogP contribution is 2.34. The summed E-state index contributed by atoms with van der Waals surface area (Å²) in [6.45, 7) is 3.38. The van der Waals surface area contributed by atoms with Crippen LogP contribution in [-0.2, 0) is 9.59 Å². The van der Waals surface area contributed by atoms with Crippen molar-refractivity contribution >= 4 is 34.8 Å². The van der Waals surface area contributed by atoms with Gasteiger partial charge in [-0.2, -0.15) is 10.1 Å². The molecule has 2 aromatic carbocycles. The lowest BCUT2D eigenvalue weighted by molar-refractivity contribution is -0.123. The van der Waals surface area contributed by atoms with Crippen molar-refractivity contribution in [1.82, 2.24) is 14.7 Å². The number of thioether (sulfide) groups is 1. The lowest BCUT2D eigenvalue weighted by Crippen LogP contribution is -2.40. The minimum Gasteiger partial charge on any atom is -0.369 e. The largest absolute Gasteiger partial charge is 0.369 e. The molecule has 2 N–H and O–H groups in total. The molecule has 2 amide bonds. The molecule has 3 aromatic rings. The topological polar surface area (TPSA) is 93.6 Å². The Morgan fingerprint density at radius 3 is 2.47 bits per heavy atom. The predicted molar refractivity (Wildman–Crippen MR) is 135 cm³/mol. The summed E-state index contributed by atoms with van der Waals surface area (Å²) in [6.07, 6.45) is 5.19. The number of carbonyl (C=O) groups excluding carboxylic acids is 2. The van der Waals surface area contributed by atoms with Crippen LogP contribution in [0.3, 0.4) is 0 Å². The molecular formula is C26H25N5O2S. The van der Waals surface area contributed by atoms with E-state index in [1.807, 2.05) is 66.3 Å². The molecule has 0 saturated carbocycles. The molecule has 0 spiro atoms. The van der Waals surface area contributed by atoms with Crippen molar-refractivity contribution in [3.05, 3.63) is 76.8 Å². The number of aromatic nitrogens is 2. The highest BCUT2D eigenvalue weighted by molar-refractivity contribution is 8.18. The number of aliphatic imine (C=N–C) groups is 1. The van der Waals surface area contributed by atoms with E-state index in [0.29, 0.717) is 36.0 Å². The van der Waals surface area contributed by atoms with Gasteiger partial charge in [-0.1, -0.05) is 48.0 Å². The highest BCUT2D eigenvalue weighted by Gasteiger charge is 2.30. The van der Waals surface area contributed by atoms with Gasteiger partial charge in [-0.05, 0) is 49.7 Å². The molecule has 1 aromatic heterocycles. The standard InChI is InChI=1S/C26H25N5O2S/c1-17-7-9-18(10-8-17)23-20(16-31(29-23)21-5-3-2-4-6-21)15-22-25(33)28-26(34-22)30-13-11-19(12-14-30)24(27)32/h2-10,15-16,19H,11-14H2,1H3,(H2,27,32)/b22-15-. The maximum absolute atomic E-state index is 12.8. The zero-order chi connectivity index (χ0) is 23.7. The van der Waals surface area contributed by atoms with E-state index in [1.165, 1.54) is 17.3 Å². The molecule has 5 rings (SSSR count). The average molecular weight is 472 g/mol. The number of likely N-dealkylation sites (tertiary alicyclic amines) is 1. The number of aryl methyl sites for hydroxylation is 1. The van der Waals surface area contributed by atoms with E-state index in [9.17, 15) is 9.59 Å². The summed E-state index contributed by atoms with van der Waals surface area (Å²) in [6, 6.07) is 18.1. The normalized spacial score (nSPS) is 17.9. The summed E-state index contributed by atoms with van der Waals surface area (Å²) in [4.78, 5) is 31.2. The molecule has 7 nitrogen and oxygen atoms in total. The third-order valence-corrected chi connectivity index (χ3v) is 7.20. The minimum atomic E-state index is -0.253. The van der Waals surface area contributed by atoms with Crippen LogP contribution in [0.1, 0.15) is 24.0 Å². The Morgan fingerprint density at radius 1 is 1.09 bits per heavy atom. The first-order chi connectivity index (χ1) is 16.5. The van der Waals surface area contributed by atoms with Crippen LogP contribution in [0.15, 0.2) is 70.7 Å². The molecule has 0 unspecified atom stereocenters. The van der Waals surface area contributed by atoms with Crippen LogP contribution in [0.25, 0.3) is 23.0 Å². The van der Waals surface area contributed by atoms with Crippen LogP contribution < -0.4 is 5.73 Å². The molecule has 0 bridgehead atoms. The number of nitrogens with two attached hydrogens (primary N) is 1. The molecule has 8 heteroatoms. The second kappa shape index (κ2) is 9.30. The van der Waals surface area contributed by atoms with Crippen molar-refractivity contribution < 1.29 is 9.59 Å². The Morgan fingerprint density at radius 2 is 1.79 bits per heavy atom. The summed E-state index contributed by atoms with van der Waals surface area (Å²) in [7, 11) is 0. The van der Waals surface area contributed by atoms with Gasteiger partial charge in [0.2, 0.25) is 5.91 Å². The van der Waals surface area contributed by atoms with Crippen LogP contribution in [0.4, 0.5) is 0 Å². The number of amidine groups is 1. The maximum atomic E-state index is 12.8. The van der Waals surface area contributed by atoms with Gasteiger partial charge in [0, 0.05) is 36.3 Å². The van der Waals surface area contributed by atoms with E-state index in [1.54, 1.807) is 0 Å². The van der Waals surface area contributed by atoms with Gasteiger partial charge in [-0.25, -0.2) is 4.68 Å². The number of nitrogens with zero attached hydrogens (tertiary/aromatic N) is 4. The quantitative estimate of drug-likeness (QED) is 0.580. The van der Waals surface area contributed by atoms with Crippen molar-refractivity contribution in [3.63, 3.8) is 0 Å². The molecule has 2 aliphatic rings. The van der Waals surface area contributed by atoms with Crippen molar-refractivity contribution in [1.29, 1.82) is 0 Å². The van der Waals surface area contributed by atoms with E-state index in [-0.39, 0.29) is 17.7 Å². The van der Waals surface area contributed by atoms with Crippen molar-refractivity contribution in [3.8, 4) is 16.9 Å². The predicted octanol–water partition coefficient (Wildman–Crippen LogP) is 4.02. The number of carbonyl (C=O) groups is 2. The fraction of sp³-hybridized carbons (Fsp3) is 0.231. The van der Waals surface area contributed by atoms with Gasteiger partial charge in [0.1, 0.15) is 0 Å². The third-order valence-electron chi connectivity index (χ3n) is 6.15. The number of benzene rings is 2. The smallest absolute Gasteiger partial charge is 0.286 e. The Balaban J connectivity index is 1.44. The average Bonchev–Trinajstić information content (AvgIpc) is 3.44. The molecule has 0 aliphatic carbocycles. The van der Waals surface area contributed by atoms with Gasteiger partial charge in [0.25, 0.3) is 5.91 Å². The first-order valence-corrected chi connectivity index (χ1v) is 12.1. The van der Waals surface area contributed by atoms with Gasteiger partial charge in [0.15, 0.2) is 5.17 Å². The van der Waals surface area contributed by atoms with Crippen LogP contribution in [0.2, 0.25) is 0 Å². The molecular weight excluding hydrogens is 446 g/mol. The Kier molecular flexibility index (Phi) is 6.06.